The molecule has 0 atom stereocenters. The van der Waals surface area contributed by atoms with E-state index in [1.54, 1.807) is 0 Å². The van der Waals surface area contributed by atoms with Crippen molar-refractivity contribution in [3.8, 4) is 11.5 Å². The van der Waals surface area contributed by atoms with Gasteiger partial charge in [0.1, 0.15) is 13.2 Å². The van der Waals surface area contributed by atoms with Gasteiger partial charge in [-0.2, -0.15) is 0 Å². The second-order valence-corrected chi connectivity index (χ2v) is 4.00. The quantitative estimate of drug-likeness (QED) is 0.837. The van der Waals surface area contributed by atoms with E-state index in [1.165, 1.54) is 0 Å². The highest BCUT2D eigenvalue weighted by molar-refractivity contribution is 9.10. The Morgan fingerprint density at radius 2 is 2.14 bits per heavy atom. The van der Waals surface area contributed by atoms with E-state index in [9.17, 15) is 0 Å². The van der Waals surface area contributed by atoms with Crippen molar-refractivity contribution in [3.05, 3.63) is 21.7 Å². The number of fused-ring (bicyclic) bond motifs is 1. The summed E-state index contributed by atoms with van der Waals surface area (Å²) in [6.45, 7) is 3.74. The predicted molar refractivity (Wildman–Crippen MR) is 57.8 cm³/mol. The second-order valence-electron chi connectivity index (χ2n) is 3.20. The second kappa shape index (κ2) is 3.79. The minimum Gasteiger partial charge on any atom is -0.486 e. The summed E-state index contributed by atoms with van der Waals surface area (Å²) in [5.74, 6) is 1.58. The summed E-state index contributed by atoms with van der Waals surface area (Å²) in [7, 11) is 0. The Kier molecular flexibility index (Phi) is 2.65. The Balaban J connectivity index is 2.57. The molecular weight excluding hydrogens is 246 g/mol. The molecule has 0 saturated carbocycles. The fraction of sp³-hybridized carbons (Fsp3) is 0.400. The largest absolute Gasteiger partial charge is 0.486 e. The van der Waals surface area contributed by atoms with E-state index >= 15 is 0 Å². The molecule has 0 bridgehead atoms. The van der Waals surface area contributed by atoms with E-state index in [4.69, 9.17) is 15.2 Å². The van der Waals surface area contributed by atoms with Gasteiger partial charge in [0.2, 0.25) is 0 Å². The molecule has 1 heterocycles. The van der Waals surface area contributed by atoms with Gasteiger partial charge >= 0.3 is 0 Å². The van der Waals surface area contributed by atoms with E-state index in [2.05, 4.69) is 15.9 Å². The van der Waals surface area contributed by atoms with Crippen LogP contribution in [0.1, 0.15) is 11.1 Å². The molecule has 2 rings (SSSR count). The molecule has 0 unspecified atom stereocenters. The molecule has 0 aromatic heterocycles. The Bertz CT molecular complexity index is 366. The van der Waals surface area contributed by atoms with E-state index in [0.717, 1.165) is 27.1 Å². The van der Waals surface area contributed by atoms with Crippen molar-refractivity contribution in [2.45, 2.75) is 13.5 Å². The van der Waals surface area contributed by atoms with Gasteiger partial charge in [-0.1, -0.05) is 0 Å². The van der Waals surface area contributed by atoms with Gasteiger partial charge in [0, 0.05) is 6.54 Å². The molecule has 0 radical (unpaired) electrons. The maximum atomic E-state index is 5.64. The van der Waals surface area contributed by atoms with Gasteiger partial charge in [-0.3, -0.25) is 0 Å². The molecule has 0 spiro atoms. The van der Waals surface area contributed by atoms with Crippen molar-refractivity contribution in [3.63, 3.8) is 0 Å². The number of ether oxygens (including phenoxy) is 2. The molecule has 0 fully saturated rings. The van der Waals surface area contributed by atoms with Crippen molar-refractivity contribution in [2.75, 3.05) is 13.2 Å². The average molecular weight is 258 g/mol. The lowest BCUT2D eigenvalue weighted by Crippen LogP contribution is -2.16. The van der Waals surface area contributed by atoms with Gasteiger partial charge in [0.15, 0.2) is 11.5 Å². The molecule has 76 valence electrons. The zero-order chi connectivity index (χ0) is 10.1. The highest BCUT2D eigenvalue weighted by atomic mass is 79.9. The van der Waals surface area contributed by atoms with Crippen LogP contribution in [0, 0.1) is 6.92 Å². The van der Waals surface area contributed by atoms with Crippen molar-refractivity contribution in [1.29, 1.82) is 0 Å². The molecule has 0 amide bonds. The smallest absolute Gasteiger partial charge is 0.175 e. The van der Waals surface area contributed by atoms with Crippen molar-refractivity contribution < 1.29 is 9.47 Å². The maximum absolute atomic E-state index is 5.64. The third-order valence-corrected chi connectivity index (χ3v) is 3.30. The number of benzene rings is 1. The summed E-state index contributed by atoms with van der Waals surface area (Å²) in [6.07, 6.45) is 0. The number of rotatable bonds is 1. The van der Waals surface area contributed by atoms with Crippen LogP contribution >= 0.6 is 15.9 Å². The molecule has 0 aliphatic carbocycles. The third kappa shape index (κ3) is 1.48. The maximum Gasteiger partial charge on any atom is 0.175 e. The Morgan fingerprint density at radius 1 is 1.43 bits per heavy atom. The molecule has 1 aromatic rings. The molecule has 14 heavy (non-hydrogen) atoms. The molecule has 0 saturated heterocycles. The average Bonchev–Trinajstić information content (AvgIpc) is 2.23. The topological polar surface area (TPSA) is 44.5 Å². The van der Waals surface area contributed by atoms with Crippen LogP contribution in [0.5, 0.6) is 11.5 Å². The minimum atomic E-state index is 0.515. The highest BCUT2D eigenvalue weighted by Gasteiger charge is 2.18. The molecule has 1 aliphatic rings. The van der Waals surface area contributed by atoms with Crippen molar-refractivity contribution in [1.82, 2.24) is 0 Å². The summed E-state index contributed by atoms with van der Waals surface area (Å²) in [4.78, 5) is 0. The fourth-order valence-electron chi connectivity index (χ4n) is 1.50. The lowest BCUT2D eigenvalue weighted by atomic mass is 10.1. The summed E-state index contributed by atoms with van der Waals surface area (Å²) in [5, 5.41) is 0. The Labute approximate surface area is 91.3 Å². The highest BCUT2D eigenvalue weighted by Crippen LogP contribution is 2.41. The van der Waals surface area contributed by atoms with Crippen LogP contribution in [0.15, 0.2) is 10.5 Å². The minimum absolute atomic E-state index is 0.515. The van der Waals surface area contributed by atoms with E-state index in [1.807, 2.05) is 13.0 Å². The number of halogens is 1. The van der Waals surface area contributed by atoms with Crippen LogP contribution < -0.4 is 15.2 Å². The number of hydrogen-bond acceptors (Lipinski definition) is 3. The van der Waals surface area contributed by atoms with Gasteiger partial charge in [-0.15, -0.1) is 0 Å². The summed E-state index contributed by atoms with van der Waals surface area (Å²) >= 11 is 3.50. The normalized spacial score (nSPS) is 14.2. The summed E-state index contributed by atoms with van der Waals surface area (Å²) in [5.41, 5.74) is 7.84. The zero-order valence-corrected chi connectivity index (χ0v) is 9.56. The Hall–Kier alpha value is -0.740. The summed E-state index contributed by atoms with van der Waals surface area (Å²) < 4.78 is 12.0. The van der Waals surface area contributed by atoms with Gasteiger partial charge in [-0.25, -0.2) is 0 Å². The molecule has 1 aliphatic heterocycles. The first-order valence-corrected chi connectivity index (χ1v) is 5.31. The number of hydrogen-bond donors (Lipinski definition) is 1. The van der Waals surface area contributed by atoms with Crippen LogP contribution in [-0.2, 0) is 6.54 Å². The van der Waals surface area contributed by atoms with Crippen LogP contribution in [0.25, 0.3) is 0 Å². The van der Waals surface area contributed by atoms with E-state index in [-0.39, 0.29) is 0 Å². The van der Waals surface area contributed by atoms with Gasteiger partial charge < -0.3 is 15.2 Å². The van der Waals surface area contributed by atoms with Gasteiger partial charge in [-0.05, 0) is 40.0 Å². The monoisotopic (exact) mass is 257 g/mol. The van der Waals surface area contributed by atoms with Crippen molar-refractivity contribution >= 4 is 15.9 Å². The summed E-state index contributed by atoms with van der Waals surface area (Å²) in [6, 6.07) is 1.95. The van der Waals surface area contributed by atoms with Crippen LogP contribution in [0.2, 0.25) is 0 Å². The molecule has 1 aromatic carbocycles. The van der Waals surface area contributed by atoms with Crippen LogP contribution in [0.3, 0.4) is 0 Å². The van der Waals surface area contributed by atoms with E-state index < -0.39 is 0 Å². The fourth-order valence-corrected chi connectivity index (χ4v) is 2.07. The molecule has 2 N–H and O–H groups in total. The first-order chi connectivity index (χ1) is 6.74. The van der Waals surface area contributed by atoms with Crippen LogP contribution in [0.4, 0.5) is 0 Å². The molecular formula is C10H12BrNO2. The van der Waals surface area contributed by atoms with Gasteiger partial charge in [0.05, 0.1) is 4.47 Å². The first kappa shape index (κ1) is 9.80. The third-order valence-electron chi connectivity index (χ3n) is 2.35. The molecule has 3 nitrogen and oxygen atoms in total. The predicted octanol–water partition coefficient (Wildman–Crippen LogP) is 1.99. The standard InChI is InChI=1S/C10H12BrNO2/c1-6-7(5-12)4-8-10(9(6)11)14-3-2-13-8/h4H,2-3,5,12H2,1H3. The lowest BCUT2D eigenvalue weighted by molar-refractivity contribution is 0.170. The van der Waals surface area contributed by atoms with Crippen LogP contribution in [-0.4, -0.2) is 13.2 Å². The van der Waals surface area contributed by atoms with Crippen molar-refractivity contribution in [2.24, 2.45) is 5.73 Å². The zero-order valence-electron chi connectivity index (χ0n) is 7.97. The first-order valence-electron chi connectivity index (χ1n) is 4.51. The molecule has 4 heteroatoms. The van der Waals surface area contributed by atoms with E-state index in [0.29, 0.717) is 19.8 Å². The Morgan fingerprint density at radius 3 is 2.86 bits per heavy atom. The number of nitrogens with two attached hydrogens (primary N) is 1. The lowest BCUT2D eigenvalue weighted by Gasteiger charge is -2.21. The van der Waals surface area contributed by atoms with Gasteiger partial charge in [0.25, 0.3) is 0 Å². The SMILES string of the molecule is Cc1c(CN)cc2c(c1Br)OCCO2.